The summed E-state index contributed by atoms with van der Waals surface area (Å²) in [6.45, 7) is 1.76. The average molecular weight is 304 g/mol. The summed E-state index contributed by atoms with van der Waals surface area (Å²) in [6, 6.07) is 0. The topological polar surface area (TPSA) is 86.7 Å². The summed E-state index contributed by atoms with van der Waals surface area (Å²) in [5, 5.41) is 9.36. The maximum absolute atomic E-state index is 10.1. The quantitative estimate of drug-likeness (QED) is 0.224. The van der Waals surface area contributed by atoms with Crippen LogP contribution >= 0.6 is 0 Å². The van der Waals surface area contributed by atoms with Crippen LogP contribution in [0.25, 0.3) is 0 Å². The standard InChI is InChI=1S/C12H26O5S.Na/c1-2-3-4-5-6-7-8-9-10-12(13)11-17-18(14,15)16;/h12-13H,2-11H2,1H3,(H,14,15,16);/q;+1/p-1. The van der Waals surface area contributed by atoms with E-state index in [1.807, 2.05) is 0 Å². The Labute approximate surface area is 139 Å². The van der Waals surface area contributed by atoms with Gasteiger partial charge in [0.15, 0.2) is 0 Å². The Balaban J connectivity index is 0. The number of aliphatic hydroxyl groups is 1. The van der Waals surface area contributed by atoms with E-state index in [0.717, 1.165) is 19.3 Å². The third-order valence-corrected chi connectivity index (χ3v) is 3.22. The van der Waals surface area contributed by atoms with E-state index in [-0.39, 0.29) is 29.6 Å². The van der Waals surface area contributed by atoms with Crippen LogP contribution in [-0.2, 0) is 14.6 Å². The zero-order valence-electron chi connectivity index (χ0n) is 12.1. The third-order valence-electron chi connectivity index (χ3n) is 2.80. The van der Waals surface area contributed by atoms with Crippen LogP contribution in [-0.4, -0.2) is 30.8 Å². The van der Waals surface area contributed by atoms with E-state index >= 15 is 0 Å². The molecule has 5 nitrogen and oxygen atoms in total. The second kappa shape index (κ2) is 13.8. The van der Waals surface area contributed by atoms with Crippen LogP contribution in [0, 0.1) is 0 Å². The fraction of sp³-hybridized carbons (Fsp3) is 1.00. The molecule has 0 fully saturated rings. The van der Waals surface area contributed by atoms with Gasteiger partial charge in [0.1, 0.15) is 0 Å². The van der Waals surface area contributed by atoms with Gasteiger partial charge in [-0.3, -0.25) is 4.18 Å². The molecule has 19 heavy (non-hydrogen) atoms. The Morgan fingerprint density at radius 3 is 2.00 bits per heavy atom. The Morgan fingerprint density at radius 1 is 1.05 bits per heavy atom. The maximum atomic E-state index is 10.1. The molecule has 0 radical (unpaired) electrons. The van der Waals surface area contributed by atoms with Crippen molar-refractivity contribution in [2.75, 3.05) is 6.61 Å². The van der Waals surface area contributed by atoms with Gasteiger partial charge in [-0.25, -0.2) is 8.42 Å². The monoisotopic (exact) mass is 304 g/mol. The number of aliphatic hydroxyl groups excluding tert-OH is 1. The Kier molecular flexibility index (Phi) is 16.1. The molecule has 110 valence electrons. The minimum absolute atomic E-state index is 0. The molecular weight excluding hydrogens is 279 g/mol. The van der Waals surface area contributed by atoms with Crippen LogP contribution in [0.1, 0.15) is 64.7 Å². The van der Waals surface area contributed by atoms with Crippen LogP contribution in [0.3, 0.4) is 0 Å². The van der Waals surface area contributed by atoms with Crippen molar-refractivity contribution in [3.05, 3.63) is 0 Å². The molecule has 0 saturated heterocycles. The fourth-order valence-electron chi connectivity index (χ4n) is 1.76. The van der Waals surface area contributed by atoms with Crippen LogP contribution in [0.2, 0.25) is 0 Å². The van der Waals surface area contributed by atoms with E-state index in [1.54, 1.807) is 0 Å². The van der Waals surface area contributed by atoms with Gasteiger partial charge >= 0.3 is 29.6 Å². The van der Waals surface area contributed by atoms with Crippen molar-refractivity contribution >= 4 is 10.4 Å². The van der Waals surface area contributed by atoms with Gasteiger partial charge in [0.2, 0.25) is 10.4 Å². The van der Waals surface area contributed by atoms with E-state index in [9.17, 15) is 18.1 Å². The molecule has 1 unspecified atom stereocenters. The van der Waals surface area contributed by atoms with Crippen molar-refractivity contribution in [2.45, 2.75) is 70.8 Å². The maximum Gasteiger partial charge on any atom is 1.00 e. The molecule has 0 spiro atoms. The van der Waals surface area contributed by atoms with Crippen LogP contribution in [0.5, 0.6) is 0 Å². The zero-order chi connectivity index (χ0) is 13.9. The predicted octanol–water partition coefficient (Wildman–Crippen LogP) is -0.641. The first-order valence-electron chi connectivity index (χ1n) is 6.74. The van der Waals surface area contributed by atoms with Crippen LogP contribution < -0.4 is 29.6 Å². The van der Waals surface area contributed by atoms with E-state index in [2.05, 4.69) is 11.1 Å². The number of hydrogen-bond acceptors (Lipinski definition) is 5. The van der Waals surface area contributed by atoms with Crippen molar-refractivity contribution < 1.29 is 51.8 Å². The molecule has 0 aromatic carbocycles. The molecule has 0 rings (SSSR count). The first-order valence-corrected chi connectivity index (χ1v) is 8.07. The van der Waals surface area contributed by atoms with Crippen molar-refractivity contribution in [3.8, 4) is 0 Å². The zero-order valence-corrected chi connectivity index (χ0v) is 15.0. The normalized spacial score (nSPS) is 13.0. The van der Waals surface area contributed by atoms with Gasteiger partial charge in [-0.2, -0.15) is 0 Å². The molecule has 0 amide bonds. The first-order chi connectivity index (χ1) is 8.45. The molecular formula is C12H25NaO5S. The minimum atomic E-state index is -4.68. The van der Waals surface area contributed by atoms with Gasteiger partial charge in [0.05, 0.1) is 12.7 Å². The van der Waals surface area contributed by atoms with E-state index in [1.165, 1.54) is 32.1 Å². The molecule has 0 bridgehead atoms. The Morgan fingerprint density at radius 2 is 1.53 bits per heavy atom. The summed E-state index contributed by atoms with van der Waals surface area (Å²) in [6.07, 6.45) is 8.89. The molecule has 1 atom stereocenters. The van der Waals surface area contributed by atoms with Gasteiger partial charge in [-0.15, -0.1) is 0 Å². The van der Waals surface area contributed by atoms with E-state index < -0.39 is 23.1 Å². The largest absolute Gasteiger partial charge is 1.00 e. The van der Waals surface area contributed by atoms with Gasteiger partial charge < -0.3 is 9.66 Å². The van der Waals surface area contributed by atoms with Gasteiger partial charge in [0, 0.05) is 0 Å². The van der Waals surface area contributed by atoms with Gasteiger partial charge in [-0.05, 0) is 6.42 Å². The second-order valence-corrected chi connectivity index (χ2v) is 5.66. The number of unbranched alkanes of at least 4 members (excludes halogenated alkanes) is 7. The van der Waals surface area contributed by atoms with Gasteiger partial charge in [-0.1, -0.05) is 58.3 Å². The van der Waals surface area contributed by atoms with E-state index in [0.29, 0.717) is 6.42 Å². The molecule has 0 aliphatic heterocycles. The van der Waals surface area contributed by atoms with Crippen molar-refractivity contribution in [2.24, 2.45) is 0 Å². The number of rotatable bonds is 12. The van der Waals surface area contributed by atoms with Crippen LogP contribution in [0.4, 0.5) is 0 Å². The molecule has 0 heterocycles. The van der Waals surface area contributed by atoms with Crippen molar-refractivity contribution in [1.82, 2.24) is 0 Å². The summed E-state index contributed by atoms with van der Waals surface area (Å²) < 4.78 is 34.4. The smallest absolute Gasteiger partial charge is 0.726 e. The summed E-state index contributed by atoms with van der Waals surface area (Å²) in [7, 11) is -4.68. The Bertz CT molecular complexity index is 282. The fourth-order valence-corrected chi connectivity index (χ4v) is 2.08. The SMILES string of the molecule is CCCCCCCCCCC(O)COS(=O)(=O)[O-].[Na+]. The molecule has 0 saturated carbocycles. The number of hydrogen-bond donors (Lipinski definition) is 1. The summed E-state index contributed by atoms with van der Waals surface area (Å²) in [4.78, 5) is 0. The molecule has 0 aliphatic carbocycles. The molecule has 1 N–H and O–H groups in total. The van der Waals surface area contributed by atoms with Crippen molar-refractivity contribution in [1.29, 1.82) is 0 Å². The van der Waals surface area contributed by atoms with E-state index in [4.69, 9.17) is 0 Å². The summed E-state index contributed by atoms with van der Waals surface area (Å²) >= 11 is 0. The third kappa shape index (κ3) is 18.8. The first kappa shape index (κ1) is 22.1. The van der Waals surface area contributed by atoms with Gasteiger partial charge in [0.25, 0.3) is 0 Å². The Hall–Kier alpha value is 0.830. The molecule has 0 aliphatic rings. The van der Waals surface area contributed by atoms with Crippen LogP contribution in [0.15, 0.2) is 0 Å². The second-order valence-electron chi connectivity index (χ2n) is 4.61. The summed E-state index contributed by atoms with van der Waals surface area (Å²) in [5.74, 6) is 0. The van der Waals surface area contributed by atoms with Crippen molar-refractivity contribution in [3.63, 3.8) is 0 Å². The molecule has 7 heteroatoms. The minimum Gasteiger partial charge on any atom is -0.726 e. The predicted molar refractivity (Wildman–Crippen MR) is 68.9 cm³/mol. The average Bonchev–Trinajstić information content (AvgIpc) is 2.29. The molecule has 0 aromatic heterocycles. The summed E-state index contributed by atoms with van der Waals surface area (Å²) in [5.41, 5.74) is 0. The molecule has 0 aromatic rings.